The van der Waals surface area contributed by atoms with Crippen LogP contribution in [0.4, 0.5) is 5.69 Å². The van der Waals surface area contributed by atoms with Crippen molar-refractivity contribution < 1.29 is 9.90 Å². The molecule has 1 aliphatic heterocycles. The maximum absolute atomic E-state index is 12.4. The van der Waals surface area contributed by atoms with E-state index in [-0.39, 0.29) is 5.88 Å². The van der Waals surface area contributed by atoms with Crippen molar-refractivity contribution in [1.29, 1.82) is 0 Å². The number of amides is 1. The maximum Gasteiger partial charge on any atom is 0.295 e. The van der Waals surface area contributed by atoms with Gasteiger partial charge in [-0.3, -0.25) is 19.2 Å². The average Bonchev–Trinajstić information content (AvgIpc) is 3.15. The minimum absolute atomic E-state index is 0.0280. The Morgan fingerprint density at radius 1 is 1.21 bits per heavy atom. The molecule has 33 heavy (non-hydrogen) atoms. The van der Waals surface area contributed by atoms with Crippen LogP contribution in [0.3, 0.4) is 0 Å². The third kappa shape index (κ3) is 4.22. The highest BCUT2D eigenvalue weighted by atomic mass is 79.9. The van der Waals surface area contributed by atoms with Gasteiger partial charge in [-0.2, -0.15) is 0 Å². The number of hydrogen-bond donors (Lipinski definition) is 1. The Balaban J connectivity index is 1.50. The zero-order chi connectivity index (χ0) is 23.4. The zero-order valence-electron chi connectivity index (χ0n) is 19.1. The van der Waals surface area contributed by atoms with Gasteiger partial charge in [0.2, 0.25) is 5.88 Å². The Bertz CT molecular complexity index is 1250. The summed E-state index contributed by atoms with van der Waals surface area (Å²) >= 11 is 3.51. The van der Waals surface area contributed by atoms with Crippen LogP contribution in [0.1, 0.15) is 50.4 Å². The van der Waals surface area contributed by atoms with E-state index in [1.54, 1.807) is 12.1 Å². The average molecular weight is 510 g/mol. The van der Waals surface area contributed by atoms with Gasteiger partial charge in [-0.25, -0.2) is 0 Å². The Hall–Kier alpha value is -2.58. The number of benzene rings is 1. The van der Waals surface area contributed by atoms with Crippen LogP contribution in [0.5, 0.6) is 5.88 Å². The van der Waals surface area contributed by atoms with Crippen LogP contribution < -0.4 is 0 Å². The molecule has 3 aromatic rings. The van der Waals surface area contributed by atoms with Crippen LogP contribution in [-0.2, 0) is 6.67 Å². The summed E-state index contributed by atoms with van der Waals surface area (Å²) in [5.74, 6) is -0.448. The molecule has 1 saturated heterocycles. The number of nitrogens with zero attached hydrogens (tertiary/aromatic N) is 5. The number of aromatic hydroxyl groups is 1. The normalized spacial score (nSPS) is 24.7. The predicted octanol–water partition coefficient (Wildman–Crippen LogP) is 6.29. The summed E-state index contributed by atoms with van der Waals surface area (Å²) in [6.45, 7) is 8.69. The van der Waals surface area contributed by atoms with Crippen molar-refractivity contribution in [1.82, 2.24) is 14.5 Å². The van der Waals surface area contributed by atoms with Crippen LogP contribution in [-0.4, -0.2) is 38.1 Å². The number of likely N-dealkylation sites (tertiary alicyclic amines) is 1. The molecule has 2 aliphatic rings. The fraction of sp³-hybridized carbons (Fsp3) is 0.440. The summed E-state index contributed by atoms with van der Waals surface area (Å²) in [6.07, 6.45) is 6.64. The lowest BCUT2D eigenvalue weighted by atomic mass is 9.65. The Labute approximate surface area is 201 Å². The lowest BCUT2D eigenvalue weighted by Gasteiger charge is -2.40. The van der Waals surface area contributed by atoms with Crippen molar-refractivity contribution in [2.24, 2.45) is 21.1 Å². The topological polar surface area (TPSA) is 83.1 Å². The first-order chi connectivity index (χ1) is 15.6. The number of fused-ring (bicyclic) bond motifs is 3. The lowest BCUT2D eigenvalue weighted by molar-refractivity contribution is 0.0995. The number of aromatic nitrogens is 2. The van der Waals surface area contributed by atoms with Gasteiger partial charge in [0.15, 0.2) is 5.69 Å². The molecular formula is C25H28BrN5O2. The number of hydrogen-bond acceptors (Lipinski definition) is 5. The van der Waals surface area contributed by atoms with Gasteiger partial charge < -0.3 is 5.11 Å². The van der Waals surface area contributed by atoms with Crippen LogP contribution >= 0.6 is 15.9 Å². The number of carbonyl (C=O) groups excluding carboxylic acids is 1. The van der Waals surface area contributed by atoms with Crippen molar-refractivity contribution in [3.05, 3.63) is 52.8 Å². The molecule has 1 amide bonds. The van der Waals surface area contributed by atoms with Crippen LogP contribution in [0, 0.1) is 10.8 Å². The molecule has 2 atom stereocenters. The van der Waals surface area contributed by atoms with Gasteiger partial charge in [-0.1, -0.05) is 36.7 Å². The first-order valence-electron chi connectivity index (χ1n) is 11.3. The van der Waals surface area contributed by atoms with Crippen molar-refractivity contribution in [2.45, 2.75) is 52.7 Å². The molecule has 2 fully saturated rings. The van der Waals surface area contributed by atoms with Crippen molar-refractivity contribution in [3.63, 3.8) is 0 Å². The molecule has 0 radical (unpaired) electrons. The number of azo groups is 1. The Morgan fingerprint density at radius 2 is 1.97 bits per heavy atom. The van der Waals surface area contributed by atoms with Crippen molar-refractivity contribution in [3.8, 4) is 5.88 Å². The molecule has 0 spiro atoms. The van der Waals surface area contributed by atoms with Gasteiger partial charge in [-0.15, -0.1) is 10.2 Å². The van der Waals surface area contributed by atoms with E-state index in [0.717, 1.165) is 28.3 Å². The quantitative estimate of drug-likeness (QED) is 0.419. The smallest absolute Gasteiger partial charge is 0.295 e. The highest BCUT2D eigenvalue weighted by Crippen LogP contribution is 2.53. The second-order valence-corrected chi connectivity index (χ2v) is 11.5. The van der Waals surface area contributed by atoms with E-state index in [9.17, 15) is 9.90 Å². The molecule has 1 N–H and O–H groups in total. The largest absolute Gasteiger partial charge is 0.493 e. The first kappa shape index (κ1) is 22.2. The van der Waals surface area contributed by atoms with Gasteiger partial charge >= 0.3 is 0 Å². The standard InChI is InChI=1S/C25H28BrN5O2/c1-24(2)11-18-12-25(3,13-24)14-30(18)15-31-20-5-4-17(26)10-19(20)21(23(31)33)28-29-22(32)16-6-8-27-9-7-16/h4-10,18,33H,11-15H2,1-3H3. The fourth-order valence-corrected chi connectivity index (χ4v) is 6.47. The lowest BCUT2D eigenvalue weighted by Crippen LogP contribution is -2.35. The van der Waals surface area contributed by atoms with Crippen LogP contribution in [0.15, 0.2) is 57.4 Å². The Kier molecular flexibility index (Phi) is 5.40. The molecule has 5 rings (SSSR count). The number of pyridine rings is 1. The third-order valence-corrected chi connectivity index (χ3v) is 7.48. The molecule has 1 saturated carbocycles. The molecule has 3 heterocycles. The Morgan fingerprint density at radius 3 is 2.73 bits per heavy atom. The molecule has 2 unspecified atom stereocenters. The first-order valence-corrected chi connectivity index (χ1v) is 12.0. The summed E-state index contributed by atoms with van der Waals surface area (Å²) in [5.41, 5.74) is 2.20. The third-order valence-electron chi connectivity index (χ3n) is 6.99. The molecule has 2 aromatic heterocycles. The molecule has 1 aliphatic carbocycles. The van der Waals surface area contributed by atoms with E-state index in [4.69, 9.17) is 0 Å². The number of carbonyl (C=O) groups is 1. The summed E-state index contributed by atoms with van der Waals surface area (Å²) < 4.78 is 2.76. The van der Waals surface area contributed by atoms with Crippen LogP contribution in [0.2, 0.25) is 0 Å². The highest BCUT2D eigenvalue weighted by molar-refractivity contribution is 9.10. The molecule has 7 nitrogen and oxygen atoms in total. The predicted molar refractivity (Wildman–Crippen MR) is 131 cm³/mol. The summed E-state index contributed by atoms with van der Waals surface area (Å²) in [4.78, 5) is 18.9. The van der Waals surface area contributed by atoms with E-state index >= 15 is 0 Å². The minimum Gasteiger partial charge on any atom is -0.493 e. The second kappa shape index (κ2) is 8.02. The minimum atomic E-state index is -0.476. The van der Waals surface area contributed by atoms with E-state index in [2.05, 4.69) is 56.8 Å². The fourth-order valence-electron chi connectivity index (χ4n) is 6.11. The van der Waals surface area contributed by atoms with Crippen molar-refractivity contribution >= 4 is 38.4 Å². The van der Waals surface area contributed by atoms with Crippen LogP contribution in [0.25, 0.3) is 10.9 Å². The van der Waals surface area contributed by atoms with Gasteiger partial charge in [0.25, 0.3) is 5.91 Å². The second-order valence-electron chi connectivity index (χ2n) is 10.6. The van der Waals surface area contributed by atoms with Gasteiger partial charge in [0.05, 0.1) is 12.2 Å². The van der Waals surface area contributed by atoms with E-state index in [0.29, 0.717) is 34.8 Å². The molecular weight excluding hydrogens is 482 g/mol. The summed E-state index contributed by atoms with van der Waals surface area (Å²) in [6, 6.07) is 9.50. The van der Waals surface area contributed by atoms with E-state index in [1.165, 1.54) is 25.2 Å². The molecule has 1 aromatic carbocycles. The van der Waals surface area contributed by atoms with Gasteiger partial charge in [0, 0.05) is 40.4 Å². The molecule has 172 valence electrons. The van der Waals surface area contributed by atoms with Crippen molar-refractivity contribution in [2.75, 3.05) is 6.54 Å². The highest BCUT2D eigenvalue weighted by Gasteiger charge is 2.49. The van der Waals surface area contributed by atoms with Gasteiger partial charge in [-0.05, 0) is 60.4 Å². The zero-order valence-corrected chi connectivity index (χ0v) is 20.7. The monoisotopic (exact) mass is 509 g/mol. The van der Waals surface area contributed by atoms with Gasteiger partial charge in [0.1, 0.15) is 0 Å². The maximum atomic E-state index is 12.4. The molecule has 2 bridgehead atoms. The molecule has 8 heteroatoms. The number of halogens is 1. The van der Waals surface area contributed by atoms with E-state index in [1.807, 2.05) is 22.8 Å². The summed E-state index contributed by atoms with van der Waals surface area (Å²) in [5, 5.41) is 20.0. The van der Waals surface area contributed by atoms with E-state index < -0.39 is 5.91 Å². The number of rotatable bonds is 4. The SMILES string of the molecule is CC1(C)CC2CC(C)(CN2Cn2c(O)c(N=NC(=O)c3ccncc3)c3cc(Br)ccc32)C1. The summed E-state index contributed by atoms with van der Waals surface area (Å²) in [7, 11) is 0.